The molecule has 0 fully saturated rings. The van der Waals surface area contributed by atoms with Crippen LogP contribution < -0.4 is 14.8 Å². The first kappa shape index (κ1) is 28.6. The SMILES string of the molecule is CCOc1cc(Cl)ccc1C(c1ccc(Cl)cc1OCC)C(C)OC(=O)CNC(=O)OC(C)(C)C. The number of benzene rings is 2. The molecule has 0 saturated heterocycles. The molecule has 2 rings (SSSR count). The third-order valence-corrected chi connectivity index (χ3v) is 5.25. The van der Waals surface area contributed by atoms with Crippen LogP contribution in [0.2, 0.25) is 10.0 Å². The number of halogens is 2. The van der Waals surface area contributed by atoms with Crippen LogP contribution in [0.25, 0.3) is 0 Å². The molecule has 7 nitrogen and oxygen atoms in total. The van der Waals surface area contributed by atoms with Crippen molar-refractivity contribution in [2.75, 3.05) is 19.8 Å². The van der Waals surface area contributed by atoms with Gasteiger partial charge in [-0.15, -0.1) is 0 Å². The summed E-state index contributed by atoms with van der Waals surface area (Å²) in [5.41, 5.74) is 0.848. The van der Waals surface area contributed by atoms with Gasteiger partial charge in [0.05, 0.1) is 19.1 Å². The number of rotatable bonds is 10. The minimum absolute atomic E-state index is 0.343. The molecule has 0 saturated carbocycles. The first-order chi connectivity index (χ1) is 16.4. The Labute approximate surface area is 217 Å². The first-order valence-electron chi connectivity index (χ1n) is 11.5. The van der Waals surface area contributed by atoms with Crippen LogP contribution in [0.4, 0.5) is 4.79 Å². The number of alkyl carbamates (subject to hydrolysis) is 1. The van der Waals surface area contributed by atoms with Gasteiger partial charge in [-0.3, -0.25) is 4.79 Å². The normalized spacial score (nSPS) is 12.1. The lowest BCUT2D eigenvalue weighted by Gasteiger charge is -2.28. The molecule has 1 amide bonds. The molecule has 1 N–H and O–H groups in total. The maximum Gasteiger partial charge on any atom is 0.408 e. The van der Waals surface area contributed by atoms with E-state index in [2.05, 4.69) is 5.32 Å². The van der Waals surface area contributed by atoms with E-state index in [1.54, 1.807) is 52.0 Å². The van der Waals surface area contributed by atoms with Crippen LogP contribution in [0.3, 0.4) is 0 Å². The van der Waals surface area contributed by atoms with Crippen LogP contribution in [-0.4, -0.2) is 43.5 Å². The minimum atomic E-state index is -0.702. The monoisotopic (exact) mass is 525 g/mol. The van der Waals surface area contributed by atoms with Crippen molar-refractivity contribution in [2.45, 2.75) is 59.2 Å². The van der Waals surface area contributed by atoms with E-state index in [9.17, 15) is 9.59 Å². The fourth-order valence-corrected chi connectivity index (χ4v) is 3.86. The van der Waals surface area contributed by atoms with Crippen LogP contribution in [0.15, 0.2) is 36.4 Å². The number of carbonyl (C=O) groups excluding carboxylic acids is 2. The number of amides is 1. The zero-order chi connectivity index (χ0) is 26.2. The second kappa shape index (κ2) is 12.9. The Morgan fingerprint density at radius 2 is 1.40 bits per heavy atom. The van der Waals surface area contributed by atoms with Crippen LogP contribution in [0.1, 0.15) is 58.6 Å². The predicted molar refractivity (Wildman–Crippen MR) is 137 cm³/mol. The molecule has 2 aromatic carbocycles. The number of hydrogen-bond acceptors (Lipinski definition) is 6. The van der Waals surface area contributed by atoms with Crippen molar-refractivity contribution in [1.82, 2.24) is 5.32 Å². The lowest BCUT2D eigenvalue weighted by molar-refractivity contribution is -0.147. The second-order valence-electron chi connectivity index (χ2n) is 8.76. The molecule has 0 aliphatic carbocycles. The molecule has 0 aliphatic heterocycles. The van der Waals surface area contributed by atoms with Crippen molar-refractivity contribution in [3.8, 4) is 11.5 Å². The average Bonchev–Trinajstić information content (AvgIpc) is 2.74. The van der Waals surface area contributed by atoms with Gasteiger partial charge >= 0.3 is 12.1 Å². The highest BCUT2D eigenvalue weighted by molar-refractivity contribution is 6.31. The Morgan fingerprint density at radius 3 is 1.83 bits per heavy atom. The van der Waals surface area contributed by atoms with Crippen LogP contribution >= 0.6 is 23.2 Å². The fraction of sp³-hybridized carbons (Fsp3) is 0.462. The Kier molecular flexibility index (Phi) is 10.5. The lowest BCUT2D eigenvalue weighted by Crippen LogP contribution is -2.37. The number of hydrogen-bond donors (Lipinski definition) is 1. The van der Waals surface area contributed by atoms with E-state index in [0.717, 1.165) is 11.1 Å². The zero-order valence-corrected chi connectivity index (χ0v) is 22.5. The van der Waals surface area contributed by atoms with Crippen LogP contribution in [-0.2, 0) is 14.3 Å². The predicted octanol–water partition coefficient (Wildman–Crippen LogP) is 6.38. The van der Waals surface area contributed by atoms with E-state index in [0.29, 0.717) is 34.8 Å². The maximum absolute atomic E-state index is 12.6. The van der Waals surface area contributed by atoms with Crippen molar-refractivity contribution in [3.63, 3.8) is 0 Å². The molecule has 0 radical (unpaired) electrons. The molecule has 0 aromatic heterocycles. The van der Waals surface area contributed by atoms with E-state index in [1.807, 2.05) is 26.0 Å². The van der Waals surface area contributed by atoms with Gasteiger partial charge in [0, 0.05) is 21.2 Å². The zero-order valence-electron chi connectivity index (χ0n) is 20.9. The molecule has 1 unspecified atom stereocenters. The van der Waals surface area contributed by atoms with Crippen molar-refractivity contribution in [3.05, 3.63) is 57.6 Å². The molecular formula is C26H33Cl2NO6. The van der Waals surface area contributed by atoms with Crippen LogP contribution in [0.5, 0.6) is 11.5 Å². The average molecular weight is 526 g/mol. The Balaban J connectivity index is 2.39. The highest BCUT2D eigenvalue weighted by Crippen LogP contribution is 2.41. The lowest BCUT2D eigenvalue weighted by atomic mass is 9.86. The molecular weight excluding hydrogens is 493 g/mol. The smallest absolute Gasteiger partial charge is 0.408 e. The summed E-state index contributed by atoms with van der Waals surface area (Å²) in [6, 6.07) is 10.6. The molecule has 1 atom stereocenters. The second-order valence-corrected chi connectivity index (χ2v) is 9.63. The highest BCUT2D eigenvalue weighted by Gasteiger charge is 2.30. The summed E-state index contributed by atoms with van der Waals surface area (Å²) in [5, 5.41) is 3.46. The molecule has 192 valence electrons. The van der Waals surface area contributed by atoms with E-state index in [4.69, 9.17) is 42.1 Å². The van der Waals surface area contributed by atoms with E-state index in [-0.39, 0.29) is 6.54 Å². The summed E-state index contributed by atoms with van der Waals surface area (Å²) in [5.74, 6) is 0.0414. The van der Waals surface area contributed by atoms with Gasteiger partial charge in [0.25, 0.3) is 0 Å². The van der Waals surface area contributed by atoms with Crippen molar-refractivity contribution < 1.29 is 28.5 Å². The topological polar surface area (TPSA) is 83.1 Å². The van der Waals surface area contributed by atoms with Gasteiger partial charge in [-0.25, -0.2) is 4.79 Å². The molecule has 0 heterocycles. The van der Waals surface area contributed by atoms with E-state index >= 15 is 0 Å². The Bertz CT molecular complexity index is 966. The van der Waals surface area contributed by atoms with Gasteiger partial charge in [0.1, 0.15) is 29.7 Å². The number of nitrogens with one attached hydrogen (secondary N) is 1. The summed E-state index contributed by atoms with van der Waals surface area (Å²) in [6.45, 7) is 11.2. The van der Waals surface area contributed by atoms with Gasteiger partial charge in [-0.2, -0.15) is 0 Å². The van der Waals surface area contributed by atoms with Gasteiger partial charge in [0.15, 0.2) is 0 Å². The quantitative estimate of drug-likeness (QED) is 0.362. The summed E-state index contributed by atoms with van der Waals surface area (Å²) in [4.78, 5) is 24.5. The largest absolute Gasteiger partial charge is 0.494 e. The fourth-order valence-electron chi connectivity index (χ4n) is 3.54. The van der Waals surface area contributed by atoms with Crippen molar-refractivity contribution in [2.24, 2.45) is 0 Å². The molecule has 0 bridgehead atoms. The summed E-state index contributed by atoms with van der Waals surface area (Å²) in [7, 11) is 0. The van der Waals surface area contributed by atoms with Gasteiger partial charge in [0.2, 0.25) is 0 Å². The highest BCUT2D eigenvalue weighted by atomic mass is 35.5. The van der Waals surface area contributed by atoms with E-state index < -0.39 is 29.7 Å². The summed E-state index contributed by atoms with van der Waals surface area (Å²) in [6.07, 6.45) is -1.37. The summed E-state index contributed by atoms with van der Waals surface area (Å²) >= 11 is 12.5. The van der Waals surface area contributed by atoms with Crippen molar-refractivity contribution >= 4 is 35.3 Å². The van der Waals surface area contributed by atoms with Gasteiger partial charge < -0.3 is 24.3 Å². The molecule has 0 spiro atoms. The molecule has 2 aromatic rings. The van der Waals surface area contributed by atoms with Gasteiger partial charge in [-0.1, -0.05) is 35.3 Å². The molecule has 9 heteroatoms. The third kappa shape index (κ3) is 8.82. The third-order valence-electron chi connectivity index (χ3n) is 4.78. The maximum atomic E-state index is 12.6. The number of carbonyl (C=O) groups is 2. The minimum Gasteiger partial charge on any atom is -0.494 e. The van der Waals surface area contributed by atoms with Gasteiger partial charge in [-0.05, 0) is 65.8 Å². The van der Waals surface area contributed by atoms with E-state index in [1.165, 1.54) is 0 Å². The number of esters is 1. The molecule has 35 heavy (non-hydrogen) atoms. The van der Waals surface area contributed by atoms with Crippen molar-refractivity contribution in [1.29, 1.82) is 0 Å². The standard InChI is InChI=1S/C26H33Cl2NO6/c1-7-32-21-13-17(27)9-11-19(21)24(20-12-10-18(28)14-22(20)33-8-2)16(3)34-23(30)15-29-25(31)35-26(4,5)6/h9-14,16,24H,7-8,15H2,1-6H3,(H,29,31). The van der Waals surface area contributed by atoms with Crippen LogP contribution in [0, 0.1) is 0 Å². The Hall–Kier alpha value is -2.64. The molecule has 0 aliphatic rings. The Morgan fingerprint density at radius 1 is 0.914 bits per heavy atom. The number of ether oxygens (including phenoxy) is 4. The first-order valence-corrected chi connectivity index (χ1v) is 12.2. The summed E-state index contributed by atoms with van der Waals surface area (Å²) < 4.78 is 22.6.